The molecule has 0 aliphatic heterocycles. The zero-order valence-corrected chi connectivity index (χ0v) is 14.5. The van der Waals surface area contributed by atoms with Gasteiger partial charge >= 0.3 is 0 Å². The van der Waals surface area contributed by atoms with Crippen molar-refractivity contribution in [2.75, 3.05) is 33.1 Å². The molecule has 2 aromatic rings. The molecule has 0 aliphatic carbocycles. The minimum Gasteiger partial charge on any atom is -0.497 e. The first-order valence-corrected chi connectivity index (χ1v) is 7.64. The summed E-state index contributed by atoms with van der Waals surface area (Å²) < 4.78 is 15.6. The van der Waals surface area contributed by atoms with Crippen LogP contribution < -0.4 is 14.8 Å². The monoisotopic (exact) mass is 333 g/mol. The van der Waals surface area contributed by atoms with Gasteiger partial charge in [-0.1, -0.05) is 5.16 Å². The van der Waals surface area contributed by atoms with Gasteiger partial charge in [0.25, 0.3) is 0 Å². The number of hydrogen-bond donors (Lipinski definition) is 1. The predicted molar refractivity (Wildman–Crippen MR) is 90.4 cm³/mol. The van der Waals surface area contributed by atoms with Gasteiger partial charge < -0.3 is 19.3 Å². The topological polar surface area (TPSA) is 76.8 Å². The highest BCUT2D eigenvalue weighted by Crippen LogP contribution is 2.28. The van der Waals surface area contributed by atoms with Crippen LogP contribution >= 0.6 is 0 Å². The molecule has 0 aliphatic rings. The van der Waals surface area contributed by atoms with E-state index in [1.165, 1.54) is 0 Å². The number of amides is 1. The van der Waals surface area contributed by atoms with Crippen molar-refractivity contribution in [1.29, 1.82) is 0 Å². The van der Waals surface area contributed by atoms with Crippen molar-refractivity contribution in [3.8, 4) is 11.5 Å². The number of rotatable bonds is 8. The summed E-state index contributed by atoms with van der Waals surface area (Å²) in [5, 5.41) is 6.70. The van der Waals surface area contributed by atoms with Gasteiger partial charge in [-0.3, -0.25) is 9.69 Å². The highest BCUT2D eigenvalue weighted by molar-refractivity contribution is 5.92. The lowest BCUT2D eigenvalue weighted by atomic mass is 10.2. The SMILES string of the molecule is COc1ccc(OC)c(NC(=O)CCN(C)Cc2cc(C)no2)c1. The van der Waals surface area contributed by atoms with E-state index >= 15 is 0 Å². The van der Waals surface area contributed by atoms with E-state index in [1.54, 1.807) is 32.4 Å². The van der Waals surface area contributed by atoms with E-state index in [4.69, 9.17) is 14.0 Å². The van der Waals surface area contributed by atoms with Gasteiger partial charge in [0, 0.05) is 25.1 Å². The molecule has 0 radical (unpaired) electrons. The molecule has 7 nitrogen and oxygen atoms in total. The minimum absolute atomic E-state index is 0.0952. The van der Waals surface area contributed by atoms with E-state index in [9.17, 15) is 4.79 Å². The number of methoxy groups -OCH3 is 2. The number of anilines is 1. The van der Waals surface area contributed by atoms with E-state index in [0.29, 0.717) is 36.7 Å². The van der Waals surface area contributed by atoms with Crippen molar-refractivity contribution in [3.05, 3.63) is 35.7 Å². The van der Waals surface area contributed by atoms with Gasteiger partial charge in [-0.05, 0) is 26.1 Å². The van der Waals surface area contributed by atoms with Crippen molar-refractivity contribution in [2.45, 2.75) is 19.9 Å². The molecule has 1 heterocycles. The highest BCUT2D eigenvalue weighted by atomic mass is 16.5. The second-order valence-corrected chi connectivity index (χ2v) is 5.54. The zero-order valence-electron chi connectivity index (χ0n) is 14.5. The summed E-state index contributed by atoms with van der Waals surface area (Å²) in [7, 11) is 5.06. The molecule has 1 amide bonds. The number of aryl methyl sites for hydroxylation is 1. The number of benzene rings is 1. The molecule has 1 N–H and O–H groups in total. The first-order valence-electron chi connectivity index (χ1n) is 7.64. The van der Waals surface area contributed by atoms with E-state index in [2.05, 4.69) is 10.5 Å². The van der Waals surface area contributed by atoms with Gasteiger partial charge in [0.05, 0.1) is 32.1 Å². The molecule has 1 aromatic heterocycles. The van der Waals surface area contributed by atoms with Crippen LogP contribution in [0.2, 0.25) is 0 Å². The summed E-state index contributed by atoms with van der Waals surface area (Å²) in [4.78, 5) is 14.2. The second-order valence-electron chi connectivity index (χ2n) is 5.54. The van der Waals surface area contributed by atoms with Crippen molar-refractivity contribution in [1.82, 2.24) is 10.1 Å². The molecule has 0 spiro atoms. The van der Waals surface area contributed by atoms with Crippen LogP contribution in [0.3, 0.4) is 0 Å². The number of nitrogens with zero attached hydrogens (tertiary/aromatic N) is 2. The Morgan fingerprint density at radius 1 is 1.29 bits per heavy atom. The molecule has 0 saturated carbocycles. The molecule has 0 bridgehead atoms. The summed E-state index contributed by atoms with van der Waals surface area (Å²) in [6.45, 7) is 3.08. The van der Waals surface area contributed by atoms with Crippen LogP contribution in [-0.2, 0) is 11.3 Å². The van der Waals surface area contributed by atoms with Crippen LogP contribution in [0.15, 0.2) is 28.8 Å². The molecule has 1 aromatic carbocycles. The van der Waals surface area contributed by atoms with Crippen LogP contribution in [0.1, 0.15) is 17.9 Å². The molecule has 7 heteroatoms. The Kier molecular flexibility index (Phi) is 6.20. The van der Waals surface area contributed by atoms with Crippen molar-refractivity contribution < 1.29 is 18.8 Å². The fourth-order valence-corrected chi connectivity index (χ4v) is 2.25. The molecular weight excluding hydrogens is 310 g/mol. The second kappa shape index (κ2) is 8.35. The highest BCUT2D eigenvalue weighted by Gasteiger charge is 2.11. The van der Waals surface area contributed by atoms with Gasteiger partial charge in [-0.25, -0.2) is 0 Å². The third-order valence-corrected chi connectivity index (χ3v) is 3.50. The van der Waals surface area contributed by atoms with Gasteiger partial charge in [-0.2, -0.15) is 0 Å². The van der Waals surface area contributed by atoms with Crippen molar-refractivity contribution in [3.63, 3.8) is 0 Å². The smallest absolute Gasteiger partial charge is 0.225 e. The predicted octanol–water partition coefficient (Wildman–Crippen LogP) is 2.46. The molecule has 24 heavy (non-hydrogen) atoms. The minimum atomic E-state index is -0.0952. The van der Waals surface area contributed by atoms with Crippen molar-refractivity contribution in [2.24, 2.45) is 0 Å². The fourth-order valence-electron chi connectivity index (χ4n) is 2.25. The Balaban J connectivity index is 1.86. The molecular formula is C17H23N3O4. The fraction of sp³-hybridized carbons (Fsp3) is 0.412. The third-order valence-electron chi connectivity index (χ3n) is 3.50. The normalized spacial score (nSPS) is 10.7. The Hall–Kier alpha value is -2.54. The van der Waals surface area contributed by atoms with E-state index in [0.717, 1.165) is 11.5 Å². The largest absolute Gasteiger partial charge is 0.497 e. The number of aromatic nitrogens is 1. The maximum absolute atomic E-state index is 12.2. The van der Waals surface area contributed by atoms with Crippen LogP contribution in [0.4, 0.5) is 5.69 Å². The Labute approximate surface area is 141 Å². The first kappa shape index (κ1) is 17.8. The van der Waals surface area contributed by atoms with Gasteiger partial charge in [0.1, 0.15) is 11.5 Å². The van der Waals surface area contributed by atoms with Crippen LogP contribution in [0.25, 0.3) is 0 Å². The van der Waals surface area contributed by atoms with Crippen LogP contribution in [0, 0.1) is 6.92 Å². The lowest BCUT2D eigenvalue weighted by Crippen LogP contribution is -2.24. The van der Waals surface area contributed by atoms with Crippen molar-refractivity contribution >= 4 is 11.6 Å². The number of hydrogen-bond acceptors (Lipinski definition) is 6. The van der Waals surface area contributed by atoms with E-state index in [-0.39, 0.29) is 5.91 Å². The zero-order chi connectivity index (χ0) is 17.5. The average Bonchev–Trinajstić information content (AvgIpc) is 2.97. The van der Waals surface area contributed by atoms with Gasteiger partial charge in [0.2, 0.25) is 5.91 Å². The first-order chi connectivity index (χ1) is 11.5. The molecule has 0 unspecified atom stereocenters. The van der Waals surface area contributed by atoms with Gasteiger partial charge in [-0.15, -0.1) is 0 Å². The van der Waals surface area contributed by atoms with Crippen LogP contribution in [-0.4, -0.2) is 43.8 Å². The number of carbonyl (C=O) groups is 1. The average molecular weight is 333 g/mol. The van der Waals surface area contributed by atoms with E-state index < -0.39 is 0 Å². The molecule has 0 saturated heterocycles. The summed E-state index contributed by atoms with van der Waals surface area (Å²) >= 11 is 0. The Morgan fingerprint density at radius 3 is 2.71 bits per heavy atom. The Morgan fingerprint density at radius 2 is 2.08 bits per heavy atom. The molecule has 0 fully saturated rings. The molecule has 130 valence electrons. The lowest BCUT2D eigenvalue weighted by molar-refractivity contribution is -0.116. The summed E-state index contributed by atoms with van der Waals surface area (Å²) in [5.74, 6) is 1.94. The standard InChI is InChI=1S/C17H23N3O4/c1-12-9-14(24-19-12)11-20(2)8-7-17(21)18-15-10-13(22-3)5-6-16(15)23-4/h5-6,9-10H,7-8,11H2,1-4H3,(H,18,21). The Bertz CT molecular complexity index is 684. The molecule has 2 rings (SSSR count). The quantitative estimate of drug-likeness (QED) is 0.800. The number of nitrogens with one attached hydrogen (secondary N) is 1. The summed E-state index contributed by atoms with van der Waals surface area (Å²) in [6, 6.07) is 7.16. The van der Waals surface area contributed by atoms with Gasteiger partial charge in [0.15, 0.2) is 5.76 Å². The maximum atomic E-state index is 12.2. The van der Waals surface area contributed by atoms with Crippen LogP contribution in [0.5, 0.6) is 11.5 Å². The molecule has 0 atom stereocenters. The third kappa shape index (κ3) is 4.99. The lowest BCUT2D eigenvalue weighted by Gasteiger charge is -2.15. The number of ether oxygens (including phenoxy) is 2. The summed E-state index contributed by atoms with van der Waals surface area (Å²) in [5.41, 5.74) is 1.44. The maximum Gasteiger partial charge on any atom is 0.225 e. The summed E-state index contributed by atoms with van der Waals surface area (Å²) in [6.07, 6.45) is 0.351. The van der Waals surface area contributed by atoms with E-state index in [1.807, 2.05) is 24.9 Å². The number of carbonyl (C=O) groups excluding carboxylic acids is 1.